The first kappa shape index (κ1) is 20.8. The molecule has 0 radical (unpaired) electrons. The quantitative estimate of drug-likeness (QED) is 0.436. The Kier molecular flexibility index (Phi) is 5.38. The predicted octanol–water partition coefficient (Wildman–Crippen LogP) is 4.60. The van der Waals surface area contributed by atoms with Crippen LogP contribution in [-0.2, 0) is 0 Å². The summed E-state index contributed by atoms with van der Waals surface area (Å²) >= 11 is 0. The highest BCUT2D eigenvalue weighted by atomic mass is 16.5. The Balaban J connectivity index is 1.36. The molecule has 4 aromatic rings. The summed E-state index contributed by atoms with van der Waals surface area (Å²) in [5.41, 5.74) is 3.18. The Hall–Kier alpha value is -5.10. The Morgan fingerprint density at radius 3 is 2.62 bits per heavy atom. The molecule has 5 rings (SSSR count). The summed E-state index contributed by atoms with van der Waals surface area (Å²) in [4.78, 5) is 29.2. The molecule has 34 heavy (non-hydrogen) atoms. The van der Waals surface area contributed by atoms with E-state index in [1.54, 1.807) is 73.9 Å². The molecule has 0 bridgehead atoms. The van der Waals surface area contributed by atoms with Crippen molar-refractivity contribution >= 4 is 23.5 Å². The van der Waals surface area contributed by atoms with Crippen LogP contribution in [0, 0.1) is 18.3 Å². The smallest absolute Gasteiger partial charge is 0.326 e. The van der Waals surface area contributed by atoms with Crippen LogP contribution in [0.1, 0.15) is 27.0 Å². The number of nitriles is 1. The lowest BCUT2D eigenvalue weighted by Crippen LogP contribution is -2.01. The van der Waals surface area contributed by atoms with E-state index in [1.165, 1.54) is 6.33 Å². The van der Waals surface area contributed by atoms with E-state index >= 15 is 0 Å². The molecule has 0 aliphatic carbocycles. The first-order valence-corrected chi connectivity index (χ1v) is 10.2. The minimum atomic E-state index is -0.199. The number of hydrogen-bond acceptors (Lipinski definition) is 9. The van der Waals surface area contributed by atoms with Gasteiger partial charge >= 0.3 is 6.01 Å². The molecule has 0 amide bonds. The molecule has 0 saturated heterocycles. The molecular weight excluding hydrogens is 432 g/mol. The van der Waals surface area contributed by atoms with Gasteiger partial charge in [-0.05, 0) is 67.1 Å². The maximum atomic E-state index is 12.8. The van der Waals surface area contributed by atoms with Gasteiger partial charge in [-0.1, -0.05) is 0 Å². The molecule has 2 aromatic carbocycles. The highest BCUT2D eigenvalue weighted by Crippen LogP contribution is 2.40. The van der Waals surface area contributed by atoms with Crippen LogP contribution < -0.4 is 14.8 Å². The maximum Gasteiger partial charge on any atom is 0.326 e. The summed E-state index contributed by atoms with van der Waals surface area (Å²) in [6, 6.07) is 15.9. The Bertz CT molecular complexity index is 1460. The third-order valence-corrected chi connectivity index (χ3v) is 5.06. The van der Waals surface area contributed by atoms with Crippen molar-refractivity contribution in [1.82, 2.24) is 19.9 Å². The van der Waals surface area contributed by atoms with E-state index in [9.17, 15) is 4.79 Å². The zero-order valence-electron chi connectivity index (χ0n) is 17.9. The first-order chi connectivity index (χ1) is 16.6. The van der Waals surface area contributed by atoms with E-state index < -0.39 is 0 Å². The second-order valence-corrected chi connectivity index (χ2v) is 7.29. The van der Waals surface area contributed by atoms with Crippen LogP contribution in [0.4, 0.5) is 11.6 Å². The number of anilines is 2. The number of Topliss-reactive ketones (excluding diaryl/α,β-unsaturated/α-hetero) is 1. The van der Waals surface area contributed by atoms with Crippen molar-refractivity contribution in [2.45, 2.75) is 6.92 Å². The molecule has 9 nitrogen and oxygen atoms in total. The van der Waals surface area contributed by atoms with Crippen LogP contribution in [0.2, 0.25) is 0 Å². The second kappa shape index (κ2) is 8.80. The predicted molar refractivity (Wildman–Crippen MR) is 123 cm³/mol. The van der Waals surface area contributed by atoms with Crippen LogP contribution >= 0.6 is 0 Å². The van der Waals surface area contributed by atoms with Crippen molar-refractivity contribution in [2.75, 3.05) is 5.32 Å². The first-order valence-electron chi connectivity index (χ1n) is 10.2. The topological polar surface area (TPSA) is 123 Å². The Labute approximate surface area is 194 Å². The number of ether oxygens (including phenoxy) is 2. The van der Waals surface area contributed by atoms with E-state index in [-0.39, 0.29) is 23.5 Å². The lowest BCUT2D eigenvalue weighted by molar-refractivity contribution is 0.101. The molecule has 3 heterocycles. The normalized spacial score (nSPS) is 13.2. The van der Waals surface area contributed by atoms with Crippen molar-refractivity contribution < 1.29 is 14.3 Å². The number of rotatable bonds is 5. The van der Waals surface area contributed by atoms with Crippen molar-refractivity contribution in [1.29, 1.82) is 5.26 Å². The minimum absolute atomic E-state index is 0.0751. The van der Waals surface area contributed by atoms with Gasteiger partial charge in [-0.3, -0.25) is 9.78 Å². The number of ketones is 1. The van der Waals surface area contributed by atoms with Gasteiger partial charge in [0.15, 0.2) is 5.76 Å². The van der Waals surface area contributed by atoms with E-state index in [0.29, 0.717) is 33.9 Å². The molecule has 164 valence electrons. The average molecular weight is 448 g/mol. The Morgan fingerprint density at radius 2 is 1.85 bits per heavy atom. The zero-order chi connectivity index (χ0) is 23.5. The van der Waals surface area contributed by atoms with Crippen LogP contribution in [0.3, 0.4) is 0 Å². The fraction of sp³-hybridized carbons (Fsp3) is 0.0400. The number of benzene rings is 2. The van der Waals surface area contributed by atoms with E-state index in [1.807, 2.05) is 0 Å². The van der Waals surface area contributed by atoms with Crippen LogP contribution in [0.25, 0.3) is 6.08 Å². The van der Waals surface area contributed by atoms with Crippen LogP contribution in [0.15, 0.2) is 73.0 Å². The number of hydrogen-bond donors (Lipinski definition) is 1. The van der Waals surface area contributed by atoms with Crippen LogP contribution in [0.5, 0.6) is 17.5 Å². The summed E-state index contributed by atoms with van der Waals surface area (Å²) in [6.07, 6.45) is 6.30. The molecular formula is C25H16N6O3. The minimum Gasteiger partial charge on any atom is -0.452 e. The van der Waals surface area contributed by atoms with Crippen molar-refractivity contribution in [3.63, 3.8) is 0 Å². The van der Waals surface area contributed by atoms with E-state index in [4.69, 9.17) is 14.7 Å². The SMILES string of the molecule is Cc1c(Oc2ncnc(Nc3ccc(C#N)cc3)n2)ccc2c1O/C(=C\c1ccncc1)C2=O. The van der Waals surface area contributed by atoms with Gasteiger partial charge in [0.1, 0.15) is 17.8 Å². The highest BCUT2D eigenvalue weighted by molar-refractivity contribution is 6.14. The lowest BCUT2D eigenvalue weighted by Gasteiger charge is -2.10. The number of carbonyl (C=O) groups excluding carboxylic acids is 1. The third-order valence-electron chi connectivity index (χ3n) is 5.06. The summed E-state index contributed by atoms with van der Waals surface area (Å²) in [6.45, 7) is 1.80. The molecule has 1 N–H and O–H groups in total. The lowest BCUT2D eigenvalue weighted by atomic mass is 10.1. The second-order valence-electron chi connectivity index (χ2n) is 7.29. The molecule has 1 aliphatic heterocycles. The van der Waals surface area contributed by atoms with Gasteiger partial charge in [-0.15, -0.1) is 0 Å². The van der Waals surface area contributed by atoms with Gasteiger partial charge in [0.25, 0.3) is 0 Å². The van der Waals surface area contributed by atoms with Gasteiger partial charge in [-0.2, -0.15) is 15.2 Å². The molecule has 0 atom stereocenters. The number of fused-ring (bicyclic) bond motifs is 1. The van der Waals surface area contributed by atoms with E-state index in [2.05, 4.69) is 31.3 Å². The number of carbonyl (C=O) groups is 1. The summed E-state index contributed by atoms with van der Waals surface area (Å²) in [5.74, 6) is 1.20. The fourth-order valence-electron chi connectivity index (χ4n) is 3.34. The van der Waals surface area contributed by atoms with Gasteiger partial charge in [-0.25, -0.2) is 4.98 Å². The van der Waals surface area contributed by atoms with Crippen molar-refractivity contribution in [3.8, 4) is 23.6 Å². The number of nitrogens with one attached hydrogen (secondary N) is 1. The maximum absolute atomic E-state index is 12.8. The molecule has 9 heteroatoms. The number of aromatic nitrogens is 4. The molecule has 0 unspecified atom stereocenters. The fourth-order valence-corrected chi connectivity index (χ4v) is 3.34. The number of nitrogens with zero attached hydrogens (tertiary/aromatic N) is 5. The molecule has 1 aliphatic rings. The number of allylic oxidation sites excluding steroid dienone is 1. The molecule has 0 fully saturated rings. The average Bonchev–Trinajstić information content (AvgIpc) is 3.18. The number of pyridine rings is 1. The van der Waals surface area contributed by atoms with Crippen LogP contribution in [-0.4, -0.2) is 25.7 Å². The van der Waals surface area contributed by atoms with Crippen molar-refractivity contribution in [3.05, 3.63) is 95.3 Å². The highest BCUT2D eigenvalue weighted by Gasteiger charge is 2.30. The molecule has 0 spiro atoms. The molecule has 0 saturated carbocycles. The summed E-state index contributed by atoms with van der Waals surface area (Å²) < 4.78 is 11.8. The van der Waals surface area contributed by atoms with Gasteiger partial charge in [0, 0.05) is 23.6 Å². The standard InChI is InChI=1S/C25H16N6O3/c1-15-20(7-6-19-22(32)21(33-23(15)19)12-16-8-10-27-11-9-16)34-25-29-14-28-24(31-25)30-18-4-2-17(13-26)3-5-18/h2-12,14H,1H3,(H,28,29,30,31)/b21-12-. The Morgan fingerprint density at radius 1 is 1.06 bits per heavy atom. The third kappa shape index (κ3) is 4.16. The van der Waals surface area contributed by atoms with Gasteiger partial charge < -0.3 is 14.8 Å². The van der Waals surface area contributed by atoms with Crippen molar-refractivity contribution in [2.24, 2.45) is 0 Å². The van der Waals surface area contributed by atoms with Gasteiger partial charge in [0.2, 0.25) is 11.7 Å². The largest absolute Gasteiger partial charge is 0.452 e. The zero-order valence-corrected chi connectivity index (χ0v) is 17.9. The molecule has 2 aromatic heterocycles. The summed E-state index contributed by atoms with van der Waals surface area (Å²) in [7, 11) is 0. The monoisotopic (exact) mass is 448 g/mol. The summed E-state index contributed by atoms with van der Waals surface area (Å²) in [5, 5.41) is 12.0. The van der Waals surface area contributed by atoms with E-state index in [0.717, 1.165) is 5.56 Å². The van der Waals surface area contributed by atoms with Gasteiger partial charge in [0.05, 0.1) is 17.2 Å².